The highest BCUT2D eigenvalue weighted by molar-refractivity contribution is 6.07. The quantitative estimate of drug-likeness (QED) is 0.0707. The van der Waals surface area contributed by atoms with Gasteiger partial charge in [0, 0.05) is 43.0 Å². The van der Waals surface area contributed by atoms with E-state index in [0.717, 1.165) is 80.0 Å². The van der Waals surface area contributed by atoms with Crippen LogP contribution in [0.1, 0.15) is 68.0 Å². The minimum atomic E-state index is -0.907. The van der Waals surface area contributed by atoms with Crippen LogP contribution in [0.15, 0.2) is 79.0 Å². The molecule has 0 spiro atoms. The third kappa shape index (κ3) is 8.82. The van der Waals surface area contributed by atoms with Crippen molar-refractivity contribution in [1.29, 1.82) is 0 Å². The molecule has 4 aromatic carbocycles. The molecule has 65 heavy (non-hydrogen) atoms. The van der Waals surface area contributed by atoms with Gasteiger partial charge in [0.05, 0.1) is 49.8 Å². The van der Waals surface area contributed by atoms with Crippen molar-refractivity contribution in [3.63, 3.8) is 0 Å². The normalized spacial score (nSPS) is 18.5. The summed E-state index contributed by atoms with van der Waals surface area (Å²) >= 11 is 0. The van der Waals surface area contributed by atoms with Gasteiger partial charge in [-0.1, -0.05) is 62.4 Å². The lowest BCUT2D eigenvalue weighted by Crippen LogP contribution is -2.52. The monoisotopic (exact) mass is 882 g/mol. The van der Waals surface area contributed by atoms with Crippen molar-refractivity contribution in [2.45, 2.75) is 70.3 Å². The lowest BCUT2D eigenvalue weighted by molar-refractivity contribution is -0.136. The van der Waals surface area contributed by atoms with Crippen LogP contribution < -0.4 is 20.7 Å². The van der Waals surface area contributed by atoms with Crippen LogP contribution >= 0.6 is 0 Å². The SMILES string of the molecule is COCC(CCc1nc2c(ccc3cc4c(cc32)OCc2cc(-c3cnc(C5CC6CC6N5C(=O)C(NC(=O)OC)C(C)C)[nH]3)ccc2-4)[nH]1)CNC(=O)C(NC(=O)OC)c1ccccc1. The number of hydrogen-bond donors (Lipinski definition) is 5. The first-order chi connectivity index (χ1) is 31.5. The highest BCUT2D eigenvalue weighted by Crippen LogP contribution is 2.53. The molecule has 2 fully saturated rings. The van der Waals surface area contributed by atoms with Crippen LogP contribution in [-0.2, 0) is 36.8 Å². The average Bonchev–Trinajstić information content (AvgIpc) is 3.62. The van der Waals surface area contributed by atoms with E-state index < -0.39 is 24.3 Å². The lowest BCUT2D eigenvalue weighted by Gasteiger charge is -2.31. The Bertz CT molecular complexity index is 2750. The molecule has 1 saturated heterocycles. The molecule has 6 unspecified atom stereocenters. The minimum Gasteiger partial charge on any atom is -0.488 e. The molecule has 9 rings (SSSR count). The summed E-state index contributed by atoms with van der Waals surface area (Å²) in [7, 11) is 4.20. The van der Waals surface area contributed by atoms with E-state index in [9.17, 15) is 19.2 Å². The zero-order chi connectivity index (χ0) is 45.4. The van der Waals surface area contributed by atoms with E-state index in [1.165, 1.54) is 14.2 Å². The smallest absolute Gasteiger partial charge is 0.407 e. The summed E-state index contributed by atoms with van der Waals surface area (Å²) in [5.41, 5.74) is 7.40. The number of ether oxygens (including phenoxy) is 4. The third-order valence-electron chi connectivity index (χ3n) is 13.0. The predicted molar refractivity (Wildman–Crippen MR) is 243 cm³/mol. The minimum absolute atomic E-state index is 0.0144. The van der Waals surface area contributed by atoms with Gasteiger partial charge in [-0.25, -0.2) is 19.6 Å². The van der Waals surface area contributed by atoms with Gasteiger partial charge in [0.25, 0.3) is 0 Å². The van der Waals surface area contributed by atoms with E-state index in [0.29, 0.717) is 44.1 Å². The molecule has 4 heterocycles. The Morgan fingerprint density at radius 2 is 1.71 bits per heavy atom. The number of aromatic amines is 2. The van der Waals surface area contributed by atoms with Crippen molar-refractivity contribution >= 4 is 45.8 Å². The number of likely N-dealkylation sites (tertiary alicyclic amines) is 1. The number of amides is 4. The van der Waals surface area contributed by atoms with E-state index in [-0.39, 0.29) is 35.7 Å². The van der Waals surface area contributed by atoms with Gasteiger partial charge in [0.2, 0.25) is 11.8 Å². The second-order valence-electron chi connectivity index (χ2n) is 17.6. The van der Waals surface area contributed by atoms with Gasteiger partial charge in [-0.15, -0.1) is 0 Å². The molecule has 3 aliphatic rings. The van der Waals surface area contributed by atoms with Crippen LogP contribution in [0.3, 0.4) is 0 Å². The van der Waals surface area contributed by atoms with Crippen LogP contribution in [0.5, 0.6) is 5.75 Å². The van der Waals surface area contributed by atoms with Crippen molar-refractivity contribution in [2.75, 3.05) is 34.5 Å². The van der Waals surface area contributed by atoms with E-state index in [4.69, 9.17) is 28.9 Å². The molecule has 338 valence electrons. The summed E-state index contributed by atoms with van der Waals surface area (Å²) in [5.74, 6) is 2.20. The number of benzene rings is 4. The first kappa shape index (κ1) is 43.3. The molecule has 16 nitrogen and oxygen atoms in total. The zero-order valence-electron chi connectivity index (χ0n) is 37.1. The van der Waals surface area contributed by atoms with Gasteiger partial charge in [-0.2, -0.15) is 0 Å². The number of piperidine rings is 1. The molecule has 6 aromatic rings. The number of aryl methyl sites for hydroxylation is 1. The standard InChI is InChI=1S/C49H54N8O8/c1-26(2)42(55-48(60)63-4)47(59)57-38-19-31(38)20-39(57)45-50-23-37(53-45)30-12-14-33-32(17-30)25-65-40-21-34-29(18-35(33)40)13-15-36-44(34)54-41(52-36)16-11-27(24-62-3)22-51-46(58)43(56-49(61)64-5)28-9-7-6-8-10-28/h6-10,12-15,17-18,21,23,26-27,31,38-39,42-43H,11,16,19-20,22,24-25H2,1-5H3,(H,50,53)(H,51,58)(H,52,54)(H,55,60)(H,56,61). The van der Waals surface area contributed by atoms with Gasteiger partial charge in [-0.05, 0) is 83.0 Å². The predicted octanol–water partition coefficient (Wildman–Crippen LogP) is 7.12. The Labute approximate surface area is 376 Å². The van der Waals surface area contributed by atoms with Gasteiger partial charge >= 0.3 is 12.2 Å². The summed E-state index contributed by atoms with van der Waals surface area (Å²) in [4.78, 5) is 70.2. The topological polar surface area (TPSA) is 202 Å². The van der Waals surface area contributed by atoms with Crippen molar-refractivity contribution in [1.82, 2.24) is 40.8 Å². The molecule has 2 aromatic heterocycles. The third-order valence-corrected chi connectivity index (χ3v) is 13.0. The summed E-state index contributed by atoms with van der Waals surface area (Å²) < 4.78 is 21.5. The lowest BCUT2D eigenvalue weighted by atomic mass is 9.92. The van der Waals surface area contributed by atoms with Crippen LogP contribution in [0.25, 0.3) is 44.2 Å². The van der Waals surface area contributed by atoms with E-state index in [1.807, 2.05) is 43.1 Å². The van der Waals surface area contributed by atoms with Crippen molar-refractivity contribution in [3.8, 4) is 28.1 Å². The average molecular weight is 883 g/mol. The molecular weight excluding hydrogens is 829 g/mol. The first-order valence-corrected chi connectivity index (χ1v) is 22.1. The number of carbonyl (C=O) groups is 4. The van der Waals surface area contributed by atoms with E-state index in [2.05, 4.69) is 68.4 Å². The fraction of sp³-hybridized carbons (Fsp3) is 0.388. The maximum Gasteiger partial charge on any atom is 0.407 e. The van der Waals surface area contributed by atoms with Gasteiger partial charge in [-0.3, -0.25) is 9.59 Å². The highest BCUT2D eigenvalue weighted by atomic mass is 16.5. The number of nitrogens with one attached hydrogen (secondary N) is 5. The van der Waals surface area contributed by atoms with Crippen molar-refractivity contribution in [3.05, 3.63) is 102 Å². The Kier molecular flexibility index (Phi) is 12.2. The number of imidazole rings is 2. The number of aromatic nitrogens is 4. The van der Waals surface area contributed by atoms with Crippen LogP contribution in [-0.4, -0.2) is 95.4 Å². The number of alkyl carbamates (subject to hydrolysis) is 2. The maximum atomic E-state index is 13.9. The molecular formula is C49H54N8O8. The molecule has 16 heteroatoms. The molecule has 0 bridgehead atoms. The summed E-state index contributed by atoms with van der Waals surface area (Å²) in [6.45, 7) is 5.00. The van der Waals surface area contributed by atoms with Crippen LogP contribution in [0, 0.1) is 17.8 Å². The van der Waals surface area contributed by atoms with Gasteiger partial charge in [0.15, 0.2) is 0 Å². The van der Waals surface area contributed by atoms with Crippen molar-refractivity contribution in [2.24, 2.45) is 17.8 Å². The number of fused-ring (bicyclic) bond motifs is 7. The molecule has 1 aliphatic carbocycles. The summed E-state index contributed by atoms with van der Waals surface area (Å²) in [5, 5.41) is 10.4. The van der Waals surface area contributed by atoms with Crippen LogP contribution in [0.4, 0.5) is 9.59 Å². The molecule has 1 saturated carbocycles. The Hall–Kier alpha value is -6.94. The number of H-pyrrole nitrogens is 2. The zero-order valence-corrected chi connectivity index (χ0v) is 37.1. The Morgan fingerprint density at radius 3 is 2.48 bits per heavy atom. The van der Waals surface area contributed by atoms with Crippen LogP contribution in [0.2, 0.25) is 0 Å². The fourth-order valence-corrected chi connectivity index (χ4v) is 9.44. The number of hydrogen-bond acceptors (Lipinski definition) is 10. The second-order valence-corrected chi connectivity index (χ2v) is 17.6. The molecule has 0 radical (unpaired) electrons. The van der Waals surface area contributed by atoms with E-state index >= 15 is 0 Å². The first-order valence-electron chi connectivity index (χ1n) is 22.1. The summed E-state index contributed by atoms with van der Waals surface area (Å²) in [6.07, 6.45) is 3.63. The number of methoxy groups -OCH3 is 3. The molecule has 4 amide bonds. The van der Waals surface area contributed by atoms with Gasteiger partial charge < -0.3 is 49.8 Å². The summed E-state index contributed by atoms with van der Waals surface area (Å²) in [6, 6.07) is 22.1. The fourth-order valence-electron chi connectivity index (χ4n) is 9.44. The molecule has 5 N–H and O–H groups in total. The number of nitrogens with zero attached hydrogens (tertiary/aromatic N) is 3. The van der Waals surface area contributed by atoms with E-state index in [1.54, 1.807) is 19.2 Å². The molecule has 2 aliphatic heterocycles. The number of carbonyl (C=O) groups excluding carboxylic acids is 4. The largest absolute Gasteiger partial charge is 0.488 e. The second kappa shape index (κ2) is 18.3. The molecule has 6 atom stereocenters. The Balaban J connectivity index is 0.884. The van der Waals surface area contributed by atoms with Gasteiger partial charge in [0.1, 0.15) is 36.1 Å². The van der Waals surface area contributed by atoms with Crippen molar-refractivity contribution < 1.29 is 38.1 Å². The Morgan fingerprint density at radius 1 is 0.908 bits per heavy atom. The highest BCUT2D eigenvalue weighted by Gasteiger charge is 2.56. The number of rotatable bonds is 15. The maximum absolute atomic E-state index is 13.9.